The molecule has 2 aromatic carbocycles. The molecule has 2 aliphatic rings. The normalized spacial score (nSPS) is 19.8. The molecule has 0 unspecified atom stereocenters. The van der Waals surface area contributed by atoms with E-state index in [9.17, 15) is 9.59 Å². The summed E-state index contributed by atoms with van der Waals surface area (Å²) in [6, 6.07) is 19.6. The van der Waals surface area contributed by atoms with E-state index in [0.717, 1.165) is 49.4 Å². The number of carbonyl (C=O) groups excluding carboxylic acids is 2. The fourth-order valence-electron chi connectivity index (χ4n) is 8.22. The van der Waals surface area contributed by atoms with Crippen molar-refractivity contribution in [3.8, 4) is 22.3 Å². The molecule has 2 fully saturated rings. The molecule has 0 radical (unpaired) electrons. The largest absolute Gasteiger partial charge is 0.444 e. The summed E-state index contributed by atoms with van der Waals surface area (Å²) in [4.78, 5) is 42.3. The first-order valence-electron chi connectivity index (χ1n) is 20.8. The van der Waals surface area contributed by atoms with Gasteiger partial charge in [0.25, 0.3) is 0 Å². The van der Waals surface area contributed by atoms with Gasteiger partial charge in [-0.1, -0.05) is 24.3 Å². The van der Waals surface area contributed by atoms with Gasteiger partial charge >= 0.3 is 12.2 Å². The Hall–Kier alpha value is -5.70. The molecular formula is C46H57BrN10O4. The first kappa shape index (κ1) is 43.4. The van der Waals surface area contributed by atoms with Crippen LogP contribution >= 0.6 is 15.9 Å². The zero-order valence-electron chi connectivity index (χ0n) is 36.8. The van der Waals surface area contributed by atoms with Gasteiger partial charge in [-0.3, -0.25) is 0 Å². The Balaban J connectivity index is 0.000000184. The fourth-order valence-corrected chi connectivity index (χ4v) is 8.60. The highest BCUT2D eigenvalue weighted by Gasteiger charge is 2.35. The van der Waals surface area contributed by atoms with Crippen LogP contribution in [0.25, 0.3) is 33.5 Å². The molecule has 0 saturated carbocycles. The molecule has 6 heterocycles. The number of ether oxygens (including phenoxy) is 2. The second-order valence-corrected chi connectivity index (χ2v) is 19.0. The Morgan fingerprint density at radius 1 is 0.574 bits per heavy atom. The van der Waals surface area contributed by atoms with E-state index in [1.165, 1.54) is 0 Å². The summed E-state index contributed by atoms with van der Waals surface area (Å²) < 4.78 is 15.6. The van der Waals surface area contributed by atoms with Crippen molar-refractivity contribution in [3.63, 3.8) is 0 Å². The van der Waals surface area contributed by atoms with Gasteiger partial charge in [0.05, 0.1) is 16.9 Å². The summed E-state index contributed by atoms with van der Waals surface area (Å²) in [5.41, 5.74) is 7.16. The van der Waals surface area contributed by atoms with Crippen LogP contribution in [-0.4, -0.2) is 113 Å². The van der Waals surface area contributed by atoms with E-state index in [1.54, 1.807) is 21.4 Å². The van der Waals surface area contributed by atoms with Gasteiger partial charge < -0.3 is 29.1 Å². The maximum Gasteiger partial charge on any atom is 0.410 e. The Bertz CT molecular complexity index is 2450. The number of hydrogen-bond acceptors (Lipinski definition) is 10. The van der Waals surface area contributed by atoms with Crippen LogP contribution in [0.3, 0.4) is 0 Å². The van der Waals surface area contributed by atoms with Crippen LogP contribution in [0, 0.1) is 0 Å². The number of aromatic nitrogens is 6. The van der Waals surface area contributed by atoms with Gasteiger partial charge in [0.15, 0.2) is 11.3 Å². The van der Waals surface area contributed by atoms with Gasteiger partial charge in [0, 0.05) is 104 Å². The molecule has 2 saturated heterocycles. The Morgan fingerprint density at radius 3 is 1.44 bits per heavy atom. The zero-order valence-corrected chi connectivity index (χ0v) is 38.4. The number of halogens is 1. The molecule has 0 aliphatic carbocycles. The van der Waals surface area contributed by atoms with Crippen molar-refractivity contribution < 1.29 is 19.1 Å². The highest BCUT2D eigenvalue weighted by atomic mass is 79.9. The molecule has 61 heavy (non-hydrogen) atoms. The molecule has 15 heteroatoms. The second-order valence-electron chi connectivity index (χ2n) is 18.2. The average molecular weight is 894 g/mol. The molecule has 4 atom stereocenters. The van der Waals surface area contributed by atoms with E-state index in [0.29, 0.717) is 26.2 Å². The minimum Gasteiger partial charge on any atom is -0.444 e. The summed E-state index contributed by atoms with van der Waals surface area (Å²) in [5.74, 6) is 0. The summed E-state index contributed by atoms with van der Waals surface area (Å²) >= 11 is 3.46. The van der Waals surface area contributed by atoms with Gasteiger partial charge in [0.1, 0.15) is 11.2 Å². The molecule has 0 bridgehead atoms. The van der Waals surface area contributed by atoms with Gasteiger partial charge in [-0.05, 0) is 121 Å². The van der Waals surface area contributed by atoms with Crippen molar-refractivity contribution in [1.82, 2.24) is 39.0 Å². The predicted molar refractivity (Wildman–Crippen MR) is 243 cm³/mol. The van der Waals surface area contributed by atoms with Crippen LogP contribution in [0.15, 0.2) is 96.3 Å². The van der Waals surface area contributed by atoms with Crippen LogP contribution < -0.4 is 9.80 Å². The highest BCUT2D eigenvalue weighted by molar-refractivity contribution is 9.10. The number of piperazine rings is 2. The summed E-state index contributed by atoms with van der Waals surface area (Å²) in [6.45, 7) is 22.5. The fraction of sp³-hybridized carbons (Fsp3) is 0.435. The van der Waals surface area contributed by atoms with Crippen LogP contribution in [-0.2, 0) is 9.47 Å². The SMILES string of the molecule is C[C@@H]1CN(C(=O)OC(C)(C)C)C[C@H](C)N1c1ccc(-c2cnc3c(Br)cnn3c2)cc1.C[C@@H]1CN(C(=O)OC(C)(C)C)C[C@H](C)N1c1ccc(-c2cnc3ccnn3c2)cc1. The van der Waals surface area contributed by atoms with E-state index < -0.39 is 11.2 Å². The van der Waals surface area contributed by atoms with E-state index in [2.05, 4.69) is 122 Å². The lowest BCUT2D eigenvalue weighted by Gasteiger charge is -2.45. The number of amides is 2. The number of rotatable bonds is 4. The third-order valence-corrected chi connectivity index (χ3v) is 11.3. The molecule has 0 N–H and O–H groups in total. The Kier molecular flexibility index (Phi) is 12.3. The topological polar surface area (TPSA) is 126 Å². The summed E-state index contributed by atoms with van der Waals surface area (Å²) in [6.07, 6.45) is 10.7. The Morgan fingerprint density at radius 2 is 1.00 bits per heavy atom. The molecule has 2 aliphatic heterocycles. The number of hydrogen-bond donors (Lipinski definition) is 0. The molecule has 8 rings (SSSR count). The van der Waals surface area contributed by atoms with Gasteiger partial charge in [0.2, 0.25) is 0 Å². The van der Waals surface area contributed by atoms with E-state index in [1.807, 2.05) is 82.2 Å². The number of carbonyl (C=O) groups is 2. The summed E-state index contributed by atoms with van der Waals surface area (Å²) in [7, 11) is 0. The molecule has 2 amide bonds. The second kappa shape index (κ2) is 17.3. The lowest BCUT2D eigenvalue weighted by Crippen LogP contribution is -2.58. The van der Waals surface area contributed by atoms with Crippen molar-refractivity contribution in [3.05, 3.63) is 96.3 Å². The quantitative estimate of drug-likeness (QED) is 0.169. The van der Waals surface area contributed by atoms with Crippen LogP contribution in [0.5, 0.6) is 0 Å². The van der Waals surface area contributed by atoms with Crippen molar-refractivity contribution in [2.75, 3.05) is 36.0 Å². The molecular weight excluding hydrogens is 836 g/mol. The van der Waals surface area contributed by atoms with Crippen molar-refractivity contribution in [1.29, 1.82) is 0 Å². The zero-order chi connectivity index (χ0) is 43.8. The van der Waals surface area contributed by atoms with Crippen LogP contribution in [0.1, 0.15) is 69.2 Å². The third-order valence-electron chi connectivity index (χ3n) is 10.7. The average Bonchev–Trinajstić information content (AvgIpc) is 3.82. The maximum absolute atomic E-state index is 12.5. The first-order chi connectivity index (χ1) is 28.8. The molecule has 4 aromatic heterocycles. The number of nitrogens with zero attached hydrogens (tertiary/aromatic N) is 10. The predicted octanol–water partition coefficient (Wildman–Crippen LogP) is 9.22. The van der Waals surface area contributed by atoms with Crippen LogP contribution in [0.4, 0.5) is 21.0 Å². The van der Waals surface area contributed by atoms with Gasteiger partial charge in [-0.25, -0.2) is 28.6 Å². The van der Waals surface area contributed by atoms with E-state index in [-0.39, 0.29) is 36.4 Å². The molecule has 6 aromatic rings. The minimum atomic E-state index is -0.485. The standard InChI is InChI=1S/C23H28BrN5O2.C23H29N5O2/c1-15-12-27(22(30)31-23(3,4)5)13-16(2)29(15)19-8-6-17(7-9-19)18-10-25-21-20(24)11-26-28(21)14-18;1-16-13-26(22(29)30-23(3,4)5)14-17(2)28(16)20-8-6-18(7-9-20)19-12-24-21-10-11-25-27(21)15-19/h6-11,14-16H,12-13H2,1-5H3;6-12,15-17H,13-14H2,1-5H3/t15-,16+;16-,17+. The highest BCUT2D eigenvalue weighted by Crippen LogP contribution is 2.31. The Labute approximate surface area is 366 Å². The maximum atomic E-state index is 12.5. The minimum absolute atomic E-state index is 0.182. The number of anilines is 2. The van der Waals surface area contributed by atoms with Crippen LogP contribution in [0.2, 0.25) is 0 Å². The van der Waals surface area contributed by atoms with Crippen molar-refractivity contribution in [2.24, 2.45) is 0 Å². The molecule has 0 spiro atoms. The number of fused-ring (bicyclic) bond motifs is 2. The lowest BCUT2D eigenvalue weighted by molar-refractivity contribution is 0.0184. The van der Waals surface area contributed by atoms with Crippen molar-refractivity contribution in [2.45, 2.75) is 105 Å². The van der Waals surface area contributed by atoms with Crippen molar-refractivity contribution >= 4 is 50.8 Å². The smallest absolute Gasteiger partial charge is 0.410 e. The van der Waals surface area contributed by atoms with Gasteiger partial charge in [-0.2, -0.15) is 10.2 Å². The first-order valence-corrected chi connectivity index (χ1v) is 21.6. The summed E-state index contributed by atoms with van der Waals surface area (Å²) in [5, 5.41) is 8.58. The molecule has 14 nitrogen and oxygen atoms in total. The number of benzene rings is 2. The van der Waals surface area contributed by atoms with Gasteiger partial charge in [-0.15, -0.1) is 0 Å². The van der Waals surface area contributed by atoms with E-state index in [4.69, 9.17) is 9.47 Å². The molecule has 322 valence electrons. The van der Waals surface area contributed by atoms with E-state index >= 15 is 0 Å². The monoisotopic (exact) mass is 892 g/mol. The lowest BCUT2D eigenvalue weighted by atomic mass is 10.0. The third kappa shape index (κ3) is 10.1.